The van der Waals surface area contributed by atoms with E-state index < -0.39 is 12.2 Å². The number of allylic oxidation sites excluding steroid dienone is 1. The van der Waals surface area contributed by atoms with Crippen LogP contribution in [0.5, 0.6) is 5.75 Å². The highest BCUT2D eigenvalue weighted by Crippen LogP contribution is 2.36. The minimum absolute atomic E-state index is 0.267. The Morgan fingerprint density at radius 2 is 1.58 bits per heavy atom. The summed E-state index contributed by atoms with van der Waals surface area (Å²) in [6, 6.07) is 13.5. The van der Waals surface area contributed by atoms with Crippen LogP contribution >= 0.6 is 0 Å². The number of hydrogen-bond acceptors (Lipinski definition) is 1. The van der Waals surface area contributed by atoms with Crippen molar-refractivity contribution in [3.8, 4) is 16.9 Å². The van der Waals surface area contributed by atoms with Gasteiger partial charge in [-0.2, -0.15) is 0 Å². The number of hydrogen-bond donors (Lipinski definition) is 0. The fourth-order valence-electron chi connectivity index (χ4n) is 4.14. The van der Waals surface area contributed by atoms with Crippen molar-refractivity contribution < 1.29 is 26.7 Å². The van der Waals surface area contributed by atoms with Crippen LogP contribution in [0, 0.1) is 11.6 Å². The second-order valence-corrected chi connectivity index (χ2v) is 8.19. The van der Waals surface area contributed by atoms with Gasteiger partial charge >= 0.3 is 6.36 Å². The number of aryl methyl sites for hydroxylation is 2. The molecule has 33 heavy (non-hydrogen) atoms. The summed E-state index contributed by atoms with van der Waals surface area (Å²) in [5, 5.41) is 0. The minimum atomic E-state index is -4.78. The molecule has 0 amide bonds. The zero-order chi connectivity index (χ0) is 23.6. The fourth-order valence-corrected chi connectivity index (χ4v) is 4.14. The SMILES string of the molecule is CCCCc1ccc(C2=Cc3cc(F)c(-c4ccc(OC(F)(F)F)cc4)cc3CC2)c(F)c1. The first-order chi connectivity index (χ1) is 15.7. The summed E-state index contributed by atoms with van der Waals surface area (Å²) in [6.45, 7) is 2.09. The van der Waals surface area contributed by atoms with Gasteiger partial charge in [0.25, 0.3) is 0 Å². The van der Waals surface area contributed by atoms with E-state index in [4.69, 9.17) is 0 Å². The molecule has 0 radical (unpaired) electrons. The molecule has 0 heterocycles. The lowest BCUT2D eigenvalue weighted by Crippen LogP contribution is -2.16. The number of benzene rings is 3. The van der Waals surface area contributed by atoms with Gasteiger partial charge in [0, 0.05) is 11.1 Å². The van der Waals surface area contributed by atoms with Gasteiger partial charge in [-0.05, 0) is 83.8 Å². The molecular formula is C27H23F5O. The molecule has 3 aromatic rings. The number of unbranched alkanes of at least 4 members (excludes halogenated alkanes) is 1. The Bertz CT molecular complexity index is 1180. The third-order valence-corrected chi connectivity index (χ3v) is 5.82. The summed E-state index contributed by atoms with van der Waals surface area (Å²) in [7, 11) is 0. The van der Waals surface area contributed by atoms with Crippen molar-refractivity contribution in [3.63, 3.8) is 0 Å². The van der Waals surface area contributed by atoms with Crippen LogP contribution in [-0.4, -0.2) is 6.36 Å². The van der Waals surface area contributed by atoms with E-state index in [0.717, 1.165) is 48.1 Å². The van der Waals surface area contributed by atoms with Crippen LogP contribution in [0.25, 0.3) is 22.8 Å². The first-order valence-electron chi connectivity index (χ1n) is 10.9. The standard InChI is InChI=1S/C27H23F5O/c1-2-3-4-17-5-12-23(25(28)13-17)20-7-6-19-15-24(26(29)16-21(19)14-20)18-8-10-22(11-9-18)33-27(30,31)32/h5,8-16H,2-4,6-7H2,1H3. The largest absolute Gasteiger partial charge is 0.573 e. The molecule has 0 spiro atoms. The molecule has 1 aliphatic carbocycles. The van der Waals surface area contributed by atoms with E-state index in [1.807, 2.05) is 12.1 Å². The number of alkyl halides is 3. The van der Waals surface area contributed by atoms with Crippen molar-refractivity contribution in [1.82, 2.24) is 0 Å². The van der Waals surface area contributed by atoms with E-state index in [-0.39, 0.29) is 11.6 Å². The number of halogens is 5. The van der Waals surface area contributed by atoms with Crippen LogP contribution in [0.15, 0.2) is 54.6 Å². The Balaban J connectivity index is 1.59. The van der Waals surface area contributed by atoms with Gasteiger partial charge in [0.2, 0.25) is 0 Å². The highest BCUT2D eigenvalue weighted by atomic mass is 19.4. The average molecular weight is 458 g/mol. The van der Waals surface area contributed by atoms with Crippen molar-refractivity contribution in [2.45, 2.75) is 45.4 Å². The van der Waals surface area contributed by atoms with E-state index in [2.05, 4.69) is 11.7 Å². The molecule has 1 aliphatic rings. The Kier molecular flexibility index (Phi) is 6.54. The smallest absolute Gasteiger partial charge is 0.406 e. The molecule has 172 valence electrons. The van der Waals surface area contributed by atoms with Crippen molar-refractivity contribution in [3.05, 3.63) is 88.5 Å². The van der Waals surface area contributed by atoms with Crippen molar-refractivity contribution in [1.29, 1.82) is 0 Å². The molecule has 0 saturated carbocycles. The third-order valence-electron chi connectivity index (χ3n) is 5.82. The van der Waals surface area contributed by atoms with Gasteiger partial charge in [0.1, 0.15) is 17.4 Å². The maximum Gasteiger partial charge on any atom is 0.573 e. The second kappa shape index (κ2) is 9.38. The molecule has 4 rings (SSSR count). The number of ether oxygens (including phenoxy) is 1. The molecule has 1 nitrogen and oxygen atoms in total. The molecule has 3 aromatic carbocycles. The predicted octanol–water partition coefficient (Wildman–Crippen LogP) is 8.36. The highest BCUT2D eigenvalue weighted by Gasteiger charge is 2.31. The van der Waals surface area contributed by atoms with Crippen molar-refractivity contribution in [2.24, 2.45) is 0 Å². The van der Waals surface area contributed by atoms with Gasteiger partial charge in [-0.1, -0.05) is 43.7 Å². The van der Waals surface area contributed by atoms with E-state index >= 15 is 0 Å². The summed E-state index contributed by atoms with van der Waals surface area (Å²) in [4.78, 5) is 0. The lowest BCUT2D eigenvalue weighted by molar-refractivity contribution is -0.274. The second-order valence-electron chi connectivity index (χ2n) is 8.19. The quantitative estimate of drug-likeness (QED) is 0.337. The lowest BCUT2D eigenvalue weighted by atomic mass is 9.86. The molecule has 0 N–H and O–H groups in total. The topological polar surface area (TPSA) is 9.23 Å². The van der Waals surface area contributed by atoms with Crippen LogP contribution < -0.4 is 4.74 Å². The van der Waals surface area contributed by atoms with Crippen LogP contribution in [0.3, 0.4) is 0 Å². The molecule has 0 unspecified atom stereocenters. The molecule has 0 atom stereocenters. The predicted molar refractivity (Wildman–Crippen MR) is 120 cm³/mol. The summed E-state index contributed by atoms with van der Waals surface area (Å²) >= 11 is 0. The van der Waals surface area contributed by atoms with Crippen molar-refractivity contribution in [2.75, 3.05) is 0 Å². The summed E-state index contributed by atoms with van der Waals surface area (Å²) in [5.74, 6) is -1.12. The third kappa shape index (κ3) is 5.44. The zero-order valence-corrected chi connectivity index (χ0v) is 18.1. The highest BCUT2D eigenvalue weighted by molar-refractivity contribution is 5.85. The van der Waals surface area contributed by atoms with E-state index in [1.165, 1.54) is 18.2 Å². The normalized spacial score (nSPS) is 13.5. The Morgan fingerprint density at radius 1 is 0.848 bits per heavy atom. The summed E-state index contributed by atoms with van der Waals surface area (Å²) in [6.07, 6.45) is 1.15. The summed E-state index contributed by atoms with van der Waals surface area (Å²) < 4.78 is 70.6. The number of fused-ring (bicyclic) bond motifs is 1. The monoisotopic (exact) mass is 458 g/mol. The number of rotatable bonds is 6. The molecule has 0 bridgehead atoms. The Hall–Kier alpha value is -3.15. The van der Waals surface area contributed by atoms with Crippen molar-refractivity contribution >= 4 is 11.6 Å². The van der Waals surface area contributed by atoms with Gasteiger partial charge in [-0.15, -0.1) is 13.2 Å². The Morgan fingerprint density at radius 3 is 2.24 bits per heavy atom. The zero-order valence-electron chi connectivity index (χ0n) is 18.1. The maximum absolute atomic E-state index is 14.9. The minimum Gasteiger partial charge on any atom is -0.406 e. The summed E-state index contributed by atoms with van der Waals surface area (Å²) in [5.41, 5.74) is 4.67. The average Bonchev–Trinajstić information content (AvgIpc) is 2.76. The van der Waals surface area contributed by atoms with Gasteiger partial charge in [-0.3, -0.25) is 0 Å². The van der Waals surface area contributed by atoms with Gasteiger partial charge in [-0.25, -0.2) is 8.78 Å². The molecular weight excluding hydrogens is 435 g/mol. The first-order valence-corrected chi connectivity index (χ1v) is 10.9. The molecule has 0 saturated heterocycles. The van der Waals surface area contributed by atoms with Crippen LogP contribution in [0.4, 0.5) is 22.0 Å². The first kappa shape index (κ1) is 23.0. The van der Waals surface area contributed by atoms with Crippen LogP contribution in [0.1, 0.15) is 48.4 Å². The van der Waals surface area contributed by atoms with Gasteiger partial charge in [0.15, 0.2) is 0 Å². The maximum atomic E-state index is 14.9. The molecule has 6 heteroatoms. The van der Waals surface area contributed by atoms with E-state index in [1.54, 1.807) is 18.2 Å². The molecule has 0 aromatic heterocycles. The van der Waals surface area contributed by atoms with Crippen LogP contribution in [-0.2, 0) is 12.8 Å². The van der Waals surface area contributed by atoms with E-state index in [9.17, 15) is 22.0 Å². The van der Waals surface area contributed by atoms with Gasteiger partial charge < -0.3 is 4.74 Å². The Labute approximate surface area is 189 Å². The molecule has 0 fully saturated rings. The van der Waals surface area contributed by atoms with Crippen LogP contribution in [0.2, 0.25) is 0 Å². The van der Waals surface area contributed by atoms with E-state index in [0.29, 0.717) is 35.1 Å². The lowest BCUT2D eigenvalue weighted by Gasteiger charge is -2.19. The molecule has 0 aliphatic heterocycles. The fraction of sp³-hybridized carbons (Fsp3) is 0.259. The van der Waals surface area contributed by atoms with Gasteiger partial charge in [0.05, 0.1) is 0 Å².